The van der Waals surface area contributed by atoms with Gasteiger partial charge in [0.1, 0.15) is 5.82 Å². The van der Waals surface area contributed by atoms with Gasteiger partial charge in [-0.1, -0.05) is 12.1 Å². The Morgan fingerprint density at radius 1 is 1.36 bits per heavy atom. The molecule has 1 amide bonds. The molecule has 3 rings (SSSR count). The number of carboxylic acid groups (broad SMARTS) is 1. The molecule has 0 saturated heterocycles. The molecular formula is C16H16N4O5. The number of amides is 1. The van der Waals surface area contributed by atoms with E-state index >= 15 is 0 Å². The summed E-state index contributed by atoms with van der Waals surface area (Å²) in [6, 6.07) is 4.19. The lowest BCUT2D eigenvalue weighted by Crippen LogP contribution is -2.44. The molecule has 2 N–H and O–H groups in total. The highest BCUT2D eigenvalue weighted by Gasteiger charge is 2.47. The minimum Gasteiger partial charge on any atom is -0.478 e. The molecule has 1 aromatic carbocycles. The molecule has 0 spiro atoms. The van der Waals surface area contributed by atoms with Gasteiger partial charge in [0, 0.05) is 16.5 Å². The molecule has 9 heteroatoms. The number of rotatable bonds is 4. The molecular weight excluding hydrogens is 328 g/mol. The monoisotopic (exact) mass is 344 g/mol. The Bertz CT molecular complexity index is 856. The van der Waals surface area contributed by atoms with Crippen LogP contribution in [0.15, 0.2) is 30.5 Å². The van der Waals surface area contributed by atoms with Gasteiger partial charge >= 0.3 is 17.9 Å². The van der Waals surface area contributed by atoms with Gasteiger partial charge in [-0.3, -0.25) is 14.9 Å². The summed E-state index contributed by atoms with van der Waals surface area (Å²) >= 11 is 0. The van der Waals surface area contributed by atoms with E-state index in [1.54, 1.807) is 4.68 Å². The van der Waals surface area contributed by atoms with Crippen LogP contribution >= 0.6 is 0 Å². The summed E-state index contributed by atoms with van der Waals surface area (Å²) in [6.45, 7) is 3.77. The summed E-state index contributed by atoms with van der Waals surface area (Å²) in [5.74, 6) is -2.21. The summed E-state index contributed by atoms with van der Waals surface area (Å²) in [5.41, 5.74) is 1.10. The van der Waals surface area contributed by atoms with E-state index in [0.29, 0.717) is 16.9 Å². The minimum absolute atomic E-state index is 0.0359. The largest absolute Gasteiger partial charge is 0.478 e. The second-order valence-corrected chi connectivity index (χ2v) is 6.11. The highest BCUT2D eigenvalue weighted by molar-refractivity contribution is 5.98. The van der Waals surface area contributed by atoms with Gasteiger partial charge in [-0.05, 0) is 31.5 Å². The van der Waals surface area contributed by atoms with Crippen molar-refractivity contribution in [3.8, 4) is 0 Å². The first kappa shape index (κ1) is 16.6. The van der Waals surface area contributed by atoms with Crippen molar-refractivity contribution >= 4 is 17.7 Å². The molecule has 1 aliphatic heterocycles. The average molecular weight is 344 g/mol. The van der Waals surface area contributed by atoms with Crippen molar-refractivity contribution in [1.29, 1.82) is 0 Å². The first-order valence-corrected chi connectivity index (χ1v) is 7.66. The first-order valence-electron chi connectivity index (χ1n) is 7.66. The lowest BCUT2D eigenvalue weighted by molar-refractivity contribution is -0.509. The van der Waals surface area contributed by atoms with Crippen molar-refractivity contribution in [1.82, 2.24) is 9.78 Å². The van der Waals surface area contributed by atoms with E-state index < -0.39 is 28.8 Å². The summed E-state index contributed by atoms with van der Waals surface area (Å²) in [4.78, 5) is 34.2. The number of aromatic carboxylic acids is 1. The van der Waals surface area contributed by atoms with Gasteiger partial charge in [-0.15, -0.1) is 0 Å². The zero-order chi connectivity index (χ0) is 18.3. The Morgan fingerprint density at radius 2 is 2.00 bits per heavy atom. The SMILES string of the molecule is CC(C)n1ncc2c1NC(=O)[C@@H]([N+](=O)[O-])[C@H]2c1ccc(C(=O)O)cc1. The number of hydrogen-bond acceptors (Lipinski definition) is 5. The number of carbonyl (C=O) groups is 2. The number of nitrogens with zero attached hydrogens (tertiary/aromatic N) is 3. The number of nitro groups is 1. The van der Waals surface area contributed by atoms with Crippen molar-refractivity contribution in [2.24, 2.45) is 0 Å². The molecule has 1 aromatic heterocycles. The number of nitrogens with one attached hydrogen (secondary N) is 1. The zero-order valence-corrected chi connectivity index (χ0v) is 13.5. The number of anilines is 1. The quantitative estimate of drug-likeness (QED) is 0.644. The van der Waals surface area contributed by atoms with Crippen LogP contribution in [0.2, 0.25) is 0 Å². The standard InChI is InChI=1S/C16H16N4O5/c1-8(2)19-14-11(7-17-19)12(13(20(24)25)15(21)18-14)9-3-5-10(6-4-9)16(22)23/h3-8,12-13H,1-2H3,(H,18,21)(H,22,23)/t12-,13-/m0/s1. The van der Waals surface area contributed by atoms with Crippen molar-refractivity contribution in [3.05, 3.63) is 57.3 Å². The molecule has 1 aliphatic rings. The molecule has 2 atom stereocenters. The molecule has 0 aliphatic carbocycles. The van der Waals surface area contributed by atoms with Crippen LogP contribution < -0.4 is 5.32 Å². The number of benzene rings is 1. The third kappa shape index (κ3) is 2.73. The summed E-state index contributed by atoms with van der Waals surface area (Å²) in [5, 5.41) is 27.3. The smallest absolute Gasteiger partial charge is 0.335 e. The van der Waals surface area contributed by atoms with E-state index in [1.807, 2.05) is 13.8 Å². The fourth-order valence-electron chi connectivity index (χ4n) is 3.05. The predicted molar refractivity (Wildman–Crippen MR) is 87.3 cm³/mol. The van der Waals surface area contributed by atoms with Gasteiger partial charge in [0.15, 0.2) is 0 Å². The van der Waals surface area contributed by atoms with Gasteiger partial charge < -0.3 is 10.4 Å². The lowest BCUT2D eigenvalue weighted by atomic mass is 9.83. The van der Waals surface area contributed by atoms with Crippen LogP contribution in [-0.4, -0.2) is 37.7 Å². The van der Waals surface area contributed by atoms with E-state index in [9.17, 15) is 19.7 Å². The maximum absolute atomic E-state index is 12.3. The molecule has 130 valence electrons. The third-order valence-electron chi connectivity index (χ3n) is 4.22. The van der Waals surface area contributed by atoms with Gasteiger partial charge in [-0.25, -0.2) is 9.48 Å². The zero-order valence-electron chi connectivity index (χ0n) is 13.5. The third-order valence-corrected chi connectivity index (χ3v) is 4.22. The number of aromatic nitrogens is 2. The van der Waals surface area contributed by atoms with Crippen molar-refractivity contribution in [2.45, 2.75) is 31.8 Å². The Kier molecular flexibility index (Phi) is 3.99. The molecule has 9 nitrogen and oxygen atoms in total. The highest BCUT2D eigenvalue weighted by atomic mass is 16.6. The lowest BCUT2D eigenvalue weighted by Gasteiger charge is -2.27. The van der Waals surface area contributed by atoms with Crippen molar-refractivity contribution in [2.75, 3.05) is 5.32 Å². The molecule has 0 fully saturated rings. The van der Waals surface area contributed by atoms with E-state index in [4.69, 9.17) is 5.11 Å². The van der Waals surface area contributed by atoms with Crippen molar-refractivity contribution in [3.63, 3.8) is 0 Å². The van der Waals surface area contributed by atoms with Crippen LogP contribution in [-0.2, 0) is 4.79 Å². The predicted octanol–water partition coefficient (Wildman–Crippen LogP) is 1.89. The van der Waals surface area contributed by atoms with E-state index in [1.165, 1.54) is 30.5 Å². The number of carbonyl (C=O) groups excluding carboxylic acids is 1. The Balaban J connectivity index is 2.15. The van der Waals surface area contributed by atoms with Crippen LogP contribution in [0.1, 0.15) is 47.3 Å². The maximum Gasteiger partial charge on any atom is 0.335 e. The van der Waals surface area contributed by atoms with Crippen molar-refractivity contribution < 1.29 is 19.6 Å². The molecule has 0 bridgehead atoms. The molecule has 0 saturated carbocycles. The number of carboxylic acids is 1. The second-order valence-electron chi connectivity index (χ2n) is 6.11. The fourth-order valence-corrected chi connectivity index (χ4v) is 3.05. The Hall–Kier alpha value is -3.23. The second kappa shape index (κ2) is 6.00. The van der Waals surface area contributed by atoms with Crippen LogP contribution in [0.25, 0.3) is 0 Å². The summed E-state index contributed by atoms with van der Waals surface area (Å²) in [6.07, 6.45) is 1.51. The maximum atomic E-state index is 12.3. The van der Waals surface area contributed by atoms with Gasteiger partial charge in [0.25, 0.3) is 0 Å². The van der Waals surface area contributed by atoms with Crippen LogP contribution in [0, 0.1) is 10.1 Å². The van der Waals surface area contributed by atoms with Gasteiger partial charge in [-0.2, -0.15) is 5.10 Å². The average Bonchev–Trinajstić information content (AvgIpc) is 2.96. The van der Waals surface area contributed by atoms with Crippen LogP contribution in [0.3, 0.4) is 0 Å². The summed E-state index contributed by atoms with van der Waals surface area (Å²) < 4.78 is 1.60. The topological polar surface area (TPSA) is 127 Å². The molecule has 25 heavy (non-hydrogen) atoms. The van der Waals surface area contributed by atoms with Crippen LogP contribution in [0.5, 0.6) is 0 Å². The van der Waals surface area contributed by atoms with E-state index in [0.717, 1.165) is 0 Å². The van der Waals surface area contributed by atoms with E-state index in [-0.39, 0.29) is 11.6 Å². The minimum atomic E-state index is -1.51. The Morgan fingerprint density at radius 3 is 2.52 bits per heavy atom. The molecule has 0 radical (unpaired) electrons. The van der Waals surface area contributed by atoms with E-state index in [2.05, 4.69) is 10.4 Å². The number of fused-ring (bicyclic) bond motifs is 1. The van der Waals surface area contributed by atoms with Gasteiger partial charge in [0.2, 0.25) is 0 Å². The number of hydrogen-bond donors (Lipinski definition) is 2. The Labute approximate surface area is 142 Å². The van der Waals surface area contributed by atoms with Crippen LogP contribution in [0.4, 0.5) is 5.82 Å². The molecule has 2 aromatic rings. The summed E-state index contributed by atoms with van der Waals surface area (Å²) in [7, 11) is 0. The molecule has 0 unspecified atom stereocenters. The molecule has 2 heterocycles. The highest BCUT2D eigenvalue weighted by Crippen LogP contribution is 2.39. The van der Waals surface area contributed by atoms with Gasteiger partial charge in [0.05, 0.1) is 17.7 Å². The normalized spacial score (nSPS) is 19.4. The fraction of sp³-hybridized carbons (Fsp3) is 0.312. The first-order chi connectivity index (χ1) is 11.8.